The summed E-state index contributed by atoms with van der Waals surface area (Å²) in [4.78, 5) is 8.65. The third kappa shape index (κ3) is 7.54. The average molecular weight is 535 g/mol. The van der Waals surface area contributed by atoms with Crippen molar-refractivity contribution in [3.8, 4) is 17.2 Å². The zero-order valence-electron chi connectivity index (χ0n) is 18.2. The Kier molecular flexibility index (Phi) is 10.3. The highest BCUT2D eigenvalue weighted by Crippen LogP contribution is 2.18. The van der Waals surface area contributed by atoms with Crippen LogP contribution in [0.4, 0.5) is 0 Å². The number of guanidine groups is 1. The minimum absolute atomic E-state index is 0. The predicted molar refractivity (Wildman–Crippen MR) is 134 cm³/mol. The van der Waals surface area contributed by atoms with Crippen molar-refractivity contribution in [3.63, 3.8) is 0 Å². The highest BCUT2D eigenvalue weighted by Gasteiger charge is 2.07. The third-order valence-electron chi connectivity index (χ3n) is 4.78. The topological polar surface area (TPSA) is 84.6 Å². The Balaban J connectivity index is 0.00000341. The van der Waals surface area contributed by atoms with E-state index in [1.807, 2.05) is 31.2 Å². The number of hydrogen-bond donors (Lipinski definition) is 2. The van der Waals surface area contributed by atoms with E-state index in [1.54, 1.807) is 14.2 Å². The van der Waals surface area contributed by atoms with Crippen molar-refractivity contribution in [2.75, 3.05) is 27.2 Å². The van der Waals surface area contributed by atoms with Crippen molar-refractivity contribution in [1.29, 1.82) is 0 Å². The van der Waals surface area contributed by atoms with E-state index in [9.17, 15) is 0 Å². The molecule has 0 unspecified atom stereocenters. The molecule has 0 spiro atoms. The highest BCUT2D eigenvalue weighted by molar-refractivity contribution is 14.0. The van der Waals surface area contributed by atoms with Gasteiger partial charge in [-0.2, -0.15) is 4.98 Å². The highest BCUT2D eigenvalue weighted by atomic mass is 127. The van der Waals surface area contributed by atoms with E-state index in [1.165, 1.54) is 11.1 Å². The summed E-state index contributed by atoms with van der Waals surface area (Å²) in [5.74, 6) is 2.97. The van der Waals surface area contributed by atoms with E-state index in [2.05, 4.69) is 50.0 Å². The lowest BCUT2D eigenvalue weighted by Gasteiger charge is -2.12. The monoisotopic (exact) mass is 535 g/mol. The minimum Gasteiger partial charge on any atom is -0.497 e. The molecule has 0 bridgehead atoms. The smallest absolute Gasteiger partial charge is 0.257 e. The van der Waals surface area contributed by atoms with Crippen molar-refractivity contribution < 1.29 is 9.26 Å². The van der Waals surface area contributed by atoms with Crippen molar-refractivity contribution >= 4 is 29.9 Å². The Bertz CT molecular complexity index is 939. The van der Waals surface area contributed by atoms with Gasteiger partial charge in [-0.15, -0.1) is 24.0 Å². The summed E-state index contributed by atoms with van der Waals surface area (Å²) in [7, 11) is 3.46. The van der Waals surface area contributed by atoms with Gasteiger partial charge in [-0.05, 0) is 48.2 Å². The van der Waals surface area contributed by atoms with Crippen LogP contribution in [0, 0.1) is 0 Å². The fourth-order valence-corrected chi connectivity index (χ4v) is 2.99. The quantitative estimate of drug-likeness (QED) is 0.246. The van der Waals surface area contributed by atoms with Gasteiger partial charge < -0.3 is 19.9 Å². The maximum absolute atomic E-state index is 5.29. The molecule has 1 heterocycles. The summed E-state index contributed by atoms with van der Waals surface area (Å²) in [6, 6.07) is 16.3. The lowest BCUT2D eigenvalue weighted by Crippen LogP contribution is -2.39. The molecule has 0 saturated heterocycles. The van der Waals surface area contributed by atoms with Gasteiger partial charge >= 0.3 is 0 Å². The predicted octanol–water partition coefficient (Wildman–Crippen LogP) is 3.88. The molecular formula is C23H30IN5O2. The molecule has 31 heavy (non-hydrogen) atoms. The molecule has 0 fully saturated rings. The van der Waals surface area contributed by atoms with E-state index in [-0.39, 0.29) is 24.0 Å². The van der Waals surface area contributed by atoms with Crippen LogP contribution in [0.25, 0.3) is 11.5 Å². The summed E-state index contributed by atoms with van der Waals surface area (Å²) >= 11 is 0. The maximum atomic E-state index is 5.29. The van der Waals surface area contributed by atoms with Crippen molar-refractivity contribution in [2.45, 2.75) is 26.2 Å². The SMILES string of the molecule is CCc1noc(-c2ccc(CCNC(=NC)NCCc3ccc(OC)cc3)cc2)n1.I. The number of nitrogens with zero attached hydrogens (tertiary/aromatic N) is 3. The first-order valence-corrected chi connectivity index (χ1v) is 10.2. The van der Waals surface area contributed by atoms with Gasteiger partial charge in [0.25, 0.3) is 5.89 Å². The molecule has 8 heteroatoms. The number of methoxy groups -OCH3 is 1. The largest absolute Gasteiger partial charge is 0.497 e. The van der Waals surface area contributed by atoms with E-state index >= 15 is 0 Å². The van der Waals surface area contributed by atoms with Crippen LogP contribution < -0.4 is 15.4 Å². The van der Waals surface area contributed by atoms with Crippen LogP contribution in [-0.2, 0) is 19.3 Å². The standard InChI is InChI=1S/C23H29N5O2.HI/c1-4-21-27-22(30-28-21)19-9-5-17(6-10-19)13-15-25-23(24-2)26-16-14-18-7-11-20(29-3)12-8-18;/h5-12H,4,13-16H2,1-3H3,(H2,24,25,26);1H. The van der Waals surface area contributed by atoms with Gasteiger partial charge in [0.2, 0.25) is 0 Å². The van der Waals surface area contributed by atoms with E-state index < -0.39 is 0 Å². The molecule has 3 aromatic rings. The molecule has 0 aliphatic carbocycles. The van der Waals surface area contributed by atoms with Crippen molar-refractivity contribution in [3.05, 3.63) is 65.5 Å². The number of ether oxygens (including phenoxy) is 1. The molecule has 2 N–H and O–H groups in total. The van der Waals surface area contributed by atoms with E-state index in [0.29, 0.717) is 5.89 Å². The number of halogens is 1. The molecule has 0 aliphatic rings. The molecule has 1 aromatic heterocycles. The van der Waals surface area contributed by atoms with Crippen molar-refractivity contribution in [2.24, 2.45) is 4.99 Å². The summed E-state index contributed by atoms with van der Waals surface area (Å²) in [5, 5.41) is 10.7. The number of aryl methyl sites for hydroxylation is 1. The molecule has 0 atom stereocenters. The van der Waals surface area contributed by atoms with Crippen molar-refractivity contribution in [1.82, 2.24) is 20.8 Å². The molecule has 0 amide bonds. The summed E-state index contributed by atoms with van der Waals surface area (Å²) in [5.41, 5.74) is 3.43. The fraction of sp³-hybridized carbons (Fsp3) is 0.348. The van der Waals surface area contributed by atoms with Crippen LogP contribution in [0.5, 0.6) is 5.75 Å². The number of hydrogen-bond acceptors (Lipinski definition) is 5. The number of nitrogens with one attached hydrogen (secondary N) is 2. The zero-order valence-corrected chi connectivity index (χ0v) is 20.6. The molecule has 2 aromatic carbocycles. The van der Waals surface area contributed by atoms with Crippen LogP contribution in [0.3, 0.4) is 0 Å². The number of rotatable bonds is 9. The van der Waals surface area contributed by atoms with Crippen LogP contribution in [-0.4, -0.2) is 43.3 Å². The van der Waals surface area contributed by atoms with Crippen LogP contribution in [0.1, 0.15) is 23.9 Å². The second-order valence-corrected chi connectivity index (χ2v) is 6.84. The Morgan fingerprint density at radius 1 is 0.968 bits per heavy atom. The number of aromatic nitrogens is 2. The molecule has 166 valence electrons. The Morgan fingerprint density at radius 3 is 2.03 bits per heavy atom. The second-order valence-electron chi connectivity index (χ2n) is 6.84. The van der Waals surface area contributed by atoms with Gasteiger partial charge in [-0.25, -0.2) is 0 Å². The van der Waals surface area contributed by atoms with Crippen LogP contribution >= 0.6 is 24.0 Å². The van der Waals surface area contributed by atoms with Gasteiger partial charge in [0.05, 0.1) is 7.11 Å². The van der Waals surface area contributed by atoms with Gasteiger partial charge in [0, 0.05) is 32.1 Å². The van der Waals surface area contributed by atoms with E-state index in [4.69, 9.17) is 9.26 Å². The molecule has 3 rings (SSSR count). The normalized spacial score (nSPS) is 11.0. The first kappa shape index (κ1) is 24.6. The number of aliphatic imine (C=N–C) groups is 1. The third-order valence-corrected chi connectivity index (χ3v) is 4.78. The molecule has 0 radical (unpaired) electrons. The maximum Gasteiger partial charge on any atom is 0.257 e. The summed E-state index contributed by atoms with van der Waals surface area (Å²) in [6.07, 6.45) is 2.58. The average Bonchev–Trinajstić information content (AvgIpc) is 3.28. The van der Waals surface area contributed by atoms with Gasteiger partial charge in [-0.3, -0.25) is 4.99 Å². The van der Waals surface area contributed by atoms with Crippen LogP contribution in [0.15, 0.2) is 58.0 Å². The number of benzene rings is 2. The second kappa shape index (κ2) is 12.9. The molecule has 7 nitrogen and oxygen atoms in total. The summed E-state index contributed by atoms with van der Waals surface area (Å²) in [6.45, 7) is 3.61. The lowest BCUT2D eigenvalue weighted by molar-refractivity contribution is 0.414. The Labute approximate surface area is 200 Å². The van der Waals surface area contributed by atoms with Gasteiger partial charge in [-0.1, -0.05) is 36.3 Å². The fourth-order valence-electron chi connectivity index (χ4n) is 2.99. The molecular weight excluding hydrogens is 505 g/mol. The lowest BCUT2D eigenvalue weighted by atomic mass is 10.1. The first-order valence-electron chi connectivity index (χ1n) is 10.2. The van der Waals surface area contributed by atoms with Gasteiger partial charge in [0.15, 0.2) is 11.8 Å². The molecule has 0 aliphatic heterocycles. The minimum atomic E-state index is 0. The van der Waals surface area contributed by atoms with E-state index in [0.717, 1.165) is 55.4 Å². The molecule has 0 saturated carbocycles. The van der Waals surface area contributed by atoms with Gasteiger partial charge in [0.1, 0.15) is 5.75 Å². The summed E-state index contributed by atoms with van der Waals surface area (Å²) < 4.78 is 10.5. The Morgan fingerprint density at radius 2 is 1.55 bits per heavy atom. The first-order chi connectivity index (χ1) is 14.7. The zero-order chi connectivity index (χ0) is 21.2. The van der Waals surface area contributed by atoms with Crippen LogP contribution in [0.2, 0.25) is 0 Å². The Hall–Kier alpha value is -2.62.